The Kier molecular flexibility index (Phi) is 5.06. The topological polar surface area (TPSA) is 88.3 Å². The molecular formula is C17H19FN4O3. The SMILES string of the molecule is Cc1noc(CCCNC(=O)[C@H]2CC(=O)N(c3ccc(F)cc3)C2)n1. The highest BCUT2D eigenvalue weighted by molar-refractivity contribution is 6.00. The Morgan fingerprint density at radius 3 is 2.84 bits per heavy atom. The summed E-state index contributed by atoms with van der Waals surface area (Å²) >= 11 is 0. The van der Waals surface area contributed by atoms with Crippen molar-refractivity contribution in [1.29, 1.82) is 0 Å². The van der Waals surface area contributed by atoms with E-state index in [4.69, 9.17) is 4.52 Å². The van der Waals surface area contributed by atoms with E-state index < -0.39 is 5.92 Å². The molecule has 1 atom stereocenters. The molecule has 132 valence electrons. The molecule has 1 fully saturated rings. The van der Waals surface area contributed by atoms with Crippen LogP contribution in [0.1, 0.15) is 24.6 Å². The van der Waals surface area contributed by atoms with Crippen LogP contribution >= 0.6 is 0 Å². The molecule has 1 aliphatic heterocycles. The fourth-order valence-corrected chi connectivity index (χ4v) is 2.79. The lowest BCUT2D eigenvalue weighted by Crippen LogP contribution is -2.33. The van der Waals surface area contributed by atoms with Crippen molar-refractivity contribution < 1.29 is 18.5 Å². The molecule has 2 amide bonds. The van der Waals surface area contributed by atoms with Crippen LogP contribution in [0.3, 0.4) is 0 Å². The minimum absolute atomic E-state index is 0.131. The fraction of sp³-hybridized carbons (Fsp3) is 0.412. The normalized spacial score (nSPS) is 17.1. The number of carbonyl (C=O) groups is 2. The van der Waals surface area contributed by atoms with Crippen LogP contribution in [0, 0.1) is 18.7 Å². The van der Waals surface area contributed by atoms with Crippen molar-refractivity contribution in [2.24, 2.45) is 5.92 Å². The first-order valence-corrected chi connectivity index (χ1v) is 8.16. The van der Waals surface area contributed by atoms with E-state index in [-0.39, 0.29) is 24.1 Å². The average molecular weight is 346 g/mol. The minimum Gasteiger partial charge on any atom is -0.356 e. The lowest BCUT2D eigenvalue weighted by atomic mass is 10.1. The second-order valence-corrected chi connectivity index (χ2v) is 6.01. The Bertz CT molecular complexity index is 760. The van der Waals surface area contributed by atoms with Gasteiger partial charge in [-0.1, -0.05) is 5.16 Å². The summed E-state index contributed by atoms with van der Waals surface area (Å²) in [5, 5.41) is 6.54. The molecule has 2 aromatic rings. The number of halogens is 1. The third-order valence-corrected chi connectivity index (χ3v) is 4.07. The molecular weight excluding hydrogens is 327 g/mol. The number of benzene rings is 1. The number of hydrogen-bond donors (Lipinski definition) is 1. The van der Waals surface area contributed by atoms with Gasteiger partial charge in [0.2, 0.25) is 17.7 Å². The maximum Gasteiger partial charge on any atom is 0.227 e. The van der Waals surface area contributed by atoms with E-state index in [1.54, 1.807) is 19.1 Å². The largest absolute Gasteiger partial charge is 0.356 e. The molecule has 1 aromatic carbocycles. The first-order valence-electron chi connectivity index (χ1n) is 8.16. The average Bonchev–Trinajstić information content (AvgIpc) is 3.18. The van der Waals surface area contributed by atoms with Crippen molar-refractivity contribution in [3.63, 3.8) is 0 Å². The van der Waals surface area contributed by atoms with Gasteiger partial charge in [0.25, 0.3) is 0 Å². The van der Waals surface area contributed by atoms with Gasteiger partial charge in [-0.05, 0) is 37.6 Å². The van der Waals surface area contributed by atoms with E-state index in [1.807, 2.05) is 0 Å². The number of nitrogens with one attached hydrogen (secondary N) is 1. The molecule has 0 unspecified atom stereocenters. The van der Waals surface area contributed by atoms with Gasteiger partial charge < -0.3 is 14.7 Å². The maximum atomic E-state index is 13.0. The Morgan fingerprint density at radius 2 is 2.16 bits per heavy atom. The van der Waals surface area contributed by atoms with Gasteiger partial charge in [-0.3, -0.25) is 9.59 Å². The predicted octanol–water partition coefficient (Wildman–Crippen LogP) is 1.62. The number of hydrogen-bond acceptors (Lipinski definition) is 5. The molecule has 1 saturated heterocycles. The van der Waals surface area contributed by atoms with Gasteiger partial charge in [-0.2, -0.15) is 4.98 Å². The number of amides is 2. The van der Waals surface area contributed by atoms with Crippen LogP contribution in [-0.2, 0) is 16.0 Å². The molecule has 2 heterocycles. The highest BCUT2D eigenvalue weighted by Crippen LogP contribution is 2.25. The van der Waals surface area contributed by atoms with Crippen LogP contribution in [0.15, 0.2) is 28.8 Å². The molecule has 0 saturated carbocycles. The zero-order valence-electron chi connectivity index (χ0n) is 13.9. The van der Waals surface area contributed by atoms with Gasteiger partial charge in [0.1, 0.15) is 5.82 Å². The molecule has 0 aliphatic carbocycles. The van der Waals surface area contributed by atoms with Crippen molar-refractivity contribution in [2.75, 3.05) is 18.0 Å². The van der Waals surface area contributed by atoms with Crippen LogP contribution in [0.25, 0.3) is 0 Å². The van der Waals surface area contributed by atoms with Crippen molar-refractivity contribution in [2.45, 2.75) is 26.2 Å². The smallest absolute Gasteiger partial charge is 0.227 e. The number of aryl methyl sites for hydroxylation is 2. The van der Waals surface area contributed by atoms with Gasteiger partial charge >= 0.3 is 0 Å². The fourth-order valence-electron chi connectivity index (χ4n) is 2.79. The molecule has 1 aliphatic rings. The first kappa shape index (κ1) is 17.1. The number of rotatable bonds is 6. The highest BCUT2D eigenvalue weighted by atomic mass is 19.1. The molecule has 1 N–H and O–H groups in total. The van der Waals surface area contributed by atoms with E-state index in [1.165, 1.54) is 17.0 Å². The minimum atomic E-state index is -0.400. The molecule has 25 heavy (non-hydrogen) atoms. The van der Waals surface area contributed by atoms with Gasteiger partial charge in [0.05, 0.1) is 5.92 Å². The maximum absolute atomic E-state index is 13.0. The number of aromatic nitrogens is 2. The summed E-state index contributed by atoms with van der Waals surface area (Å²) in [5.74, 6) is 0.0896. The van der Waals surface area contributed by atoms with Crippen LogP contribution in [-0.4, -0.2) is 35.0 Å². The van der Waals surface area contributed by atoms with Gasteiger partial charge in [0.15, 0.2) is 5.82 Å². The molecule has 3 rings (SSSR count). The zero-order valence-corrected chi connectivity index (χ0v) is 13.9. The van der Waals surface area contributed by atoms with Gasteiger partial charge in [0, 0.05) is 31.6 Å². The third-order valence-electron chi connectivity index (χ3n) is 4.07. The van der Waals surface area contributed by atoms with Crippen molar-refractivity contribution >= 4 is 17.5 Å². The predicted molar refractivity (Wildman–Crippen MR) is 87.2 cm³/mol. The molecule has 0 bridgehead atoms. The number of carbonyl (C=O) groups excluding carboxylic acids is 2. The van der Waals surface area contributed by atoms with E-state index in [9.17, 15) is 14.0 Å². The van der Waals surface area contributed by atoms with Crippen LogP contribution < -0.4 is 10.2 Å². The van der Waals surface area contributed by atoms with Crippen LogP contribution in [0.2, 0.25) is 0 Å². The summed E-state index contributed by atoms with van der Waals surface area (Å²) in [6.07, 6.45) is 1.42. The lowest BCUT2D eigenvalue weighted by Gasteiger charge is -2.16. The van der Waals surface area contributed by atoms with Crippen LogP contribution in [0.5, 0.6) is 0 Å². The van der Waals surface area contributed by atoms with E-state index >= 15 is 0 Å². The summed E-state index contributed by atoms with van der Waals surface area (Å²) in [5.41, 5.74) is 0.605. The Labute approximate surface area is 144 Å². The quantitative estimate of drug-likeness (QED) is 0.803. The standard InChI is InChI=1S/C17H19FN4O3/c1-11-20-15(25-21-11)3-2-8-19-17(24)12-9-16(23)22(10-12)14-6-4-13(18)5-7-14/h4-7,12H,2-3,8-10H2,1H3,(H,19,24)/t12-/m0/s1. The van der Waals surface area contributed by atoms with Crippen molar-refractivity contribution in [1.82, 2.24) is 15.5 Å². The Balaban J connectivity index is 1.46. The van der Waals surface area contributed by atoms with Crippen molar-refractivity contribution in [3.05, 3.63) is 41.8 Å². The number of nitrogens with zero attached hydrogens (tertiary/aromatic N) is 3. The molecule has 0 spiro atoms. The first-order chi connectivity index (χ1) is 12.0. The van der Waals surface area contributed by atoms with Gasteiger partial charge in [-0.15, -0.1) is 0 Å². The lowest BCUT2D eigenvalue weighted by molar-refractivity contribution is -0.126. The molecule has 8 heteroatoms. The molecule has 1 aromatic heterocycles. The van der Waals surface area contributed by atoms with Gasteiger partial charge in [-0.25, -0.2) is 4.39 Å². The van der Waals surface area contributed by atoms with E-state index in [0.29, 0.717) is 43.3 Å². The monoisotopic (exact) mass is 346 g/mol. The van der Waals surface area contributed by atoms with E-state index in [2.05, 4.69) is 15.5 Å². The second kappa shape index (κ2) is 7.42. The Hall–Kier alpha value is -2.77. The summed E-state index contributed by atoms with van der Waals surface area (Å²) in [4.78, 5) is 30.0. The summed E-state index contributed by atoms with van der Waals surface area (Å²) in [6.45, 7) is 2.53. The number of anilines is 1. The summed E-state index contributed by atoms with van der Waals surface area (Å²) in [6, 6.07) is 5.68. The molecule has 0 radical (unpaired) electrons. The summed E-state index contributed by atoms with van der Waals surface area (Å²) in [7, 11) is 0. The highest BCUT2D eigenvalue weighted by Gasteiger charge is 2.34. The zero-order chi connectivity index (χ0) is 17.8. The second-order valence-electron chi connectivity index (χ2n) is 6.01. The van der Waals surface area contributed by atoms with Crippen LogP contribution in [0.4, 0.5) is 10.1 Å². The Morgan fingerprint density at radius 1 is 1.40 bits per heavy atom. The summed E-state index contributed by atoms with van der Waals surface area (Å²) < 4.78 is 18.0. The van der Waals surface area contributed by atoms with Crippen molar-refractivity contribution in [3.8, 4) is 0 Å². The van der Waals surface area contributed by atoms with E-state index in [0.717, 1.165) is 0 Å². The molecule has 7 nitrogen and oxygen atoms in total. The third kappa shape index (κ3) is 4.20.